The highest BCUT2D eigenvalue weighted by Gasteiger charge is 2.34. The van der Waals surface area contributed by atoms with Crippen molar-refractivity contribution in [3.8, 4) is 0 Å². The van der Waals surface area contributed by atoms with Crippen LogP contribution in [-0.4, -0.2) is 43.3 Å². The zero-order valence-electron chi connectivity index (χ0n) is 16.9. The van der Waals surface area contributed by atoms with Crippen molar-refractivity contribution in [3.05, 3.63) is 47.6 Å². The molecule has 0 amide bonds. The lowest BCUT2D eigenvalue weighted by molar-refractivity contribution is -0.122. The first-order valence-electron chi connectivity index (χ1n) is 10.6. The van der Waals surface area contributed by atoms with Crippen LogP contribution in [-0.2, 0) is 14.3 Å². The van der Waals surface area contributed by atoms with Crippen molar-refractivity contribution in [2.75, 3.05) is 26.3 Å². The third-order valence-corrected chi connectivity index (χ3v) is 5.90. The lowest BCUT2D eigenvalue weighted by Crippen LogP contribution is -2.36. The highest BCUT2D eigenvalue weighted by molar-refractivity contribution is 5.87. The van der Waals surface area contributed by atoms with Gasteiger partial charge in [0.1, 0.15) is 17.9 Å². The number of allylic oxidation sites excluding steroid dienone is 4. The smallest absolute Gasteiger partial charge is 0.143 e. The molecule has 0 aromatic carbocycles. The second-order valence-corrected chi connectivity index (χ2v) is 8.13. The molecule has 158 valence electrons. The number of halogens is 1. The number of ether oxygens (including phenoxy) is 1. The topological polar surface area (TPSA) is 72.6 Å². The molecule has 1 atom stereocenters. The van der Waals surface area contributed by atoms with Gasteiger partial charge in [-0.15, -0.1) is 0 Å². The quantitative estimate of drug-likeness (QED) is 0.344. The average Bonchev–Trinajstić information content (AvgIpc) is 3.57. The highest BCUT2D eigenvalue weighted by atomic mass is 19.1. The maximum absolute atomic E-state index is 14.2. The van der Waals surface area contributed by atoms with Crippen LogP contribution in [0.15, 0.2) is 47.6 Å². The first kappa shape index (κ1) is 21.5. The highest BCUT2D eigenvalue weighted by Crippen LogP contribution is 2.36. The predicted octanol–water partition coefficient (Wildman–Crippen LogP) is 3.44. The van der Waals surface area contributed by atoms with Gasteiger partial charge >= 0.3 is 0 Å². The van der Waals surface area contributed by atoms with E-state index < -0.39 is 0 Å². The van der Waals surface area contributed by atoms with Crippen LogP contribution < -0.4 is 5.73 Å². The predicted molar refractivity (Wildman–Crippen MR) is 110 cm³/mol. The van der Waals surface area contributed by atoms with E-state index in [1.54, 1.807) is 6.08 Å². The summed E-state index contributed by atoms with van der Waals surface area (Å²) >= 11 is 0. The van der Waals surface area contributed by atoms with Crippen molar-refractivity contribution in [1.82, 2.24) is 4.90 Å². The molecule has 6 heteroatoms. The zero-order chi connectivity index (χ0) is 20.6. The number of nitrogens with two attached hydrogens (primary N) is 1. The summed E-state index contributed by atoms with van der Waals surface area (Å²) < 4.78 is 19.7. The van der Waals surface area contributed by atoms with E-state index in [2.05, 4.69) is 4.90 Å². The van der Waals surface area contributed by atoms with Crippen molar-refractivity contribution in [2.45, 2.75) is 38.5 Å². The lowest BCUT2D eigenvalue weighted by Gasteiger charge is -2.32. The number of rotatable bonds is 10. The molecule has 5 nitrogen and oxygen atoms in total. The van der Waals surface area contributed by atoms with Gasteiger partial charge < -0.3 is 20.2 Å². The molecule has 3 aliphatic rings. The fourth-order valence-corrected chi connectivity index (χ4v) is 3.84. The largest absolute Gasteiger partial charge is 0.385 e. The van der Waals surface area contributed by atoms with Crippen molar-refractivity contribution in [2.24, 2.45) is 23.5 Å². The van der Waals surface area contributed by atoms with Gasteiger partial charge in [0.2, 0.25) is 0 Å². The van der Waals surface area contributed by atoms with Crippen LogP contribution in [0.25, 0.3) is 0 Å². The van der Waals surface area contributed by atoms with Crippen LogP contribution in [0.5, 0.6) is 0 Å². The van der Waals surface area contributed by atoms with Gasteiger partial charge in [0.05, 0.1) is 19.0 Å². The number of nitrogens with zero attached hydrogens (tertiary/aromatic N) is 1. The molecule has 0 spiro atoms. The Kier molecular flexibility index (Phi) is 7.81. The molecule has 0 radical (unpaired) electrons. The molecule has 0 bridgehead atoms. The minimum atomic E-state index is -0.332. The molecule has 29 heavy (non-hydrogen) atoms. The number of ketones is 1. The molecule has 1 saturated carbocycles. The first-order chi connectivity index (χ1) is 14.1. The Labute approximate surface area is 172 Å². The number of carbonyl (C=O) groups is 2. The van der Waals surface area contributed by atoms with Crippen LogP contribution >= 0.6 is 0 Å². The van der Waals surface area contributed by atoms with E-state index in [4.69, 9.17) is 10.5 Å². The van der Waals surface area contributed by atoms with Crippen LogP contribution in [0.1, 0.15) is 38.5 Å². The monoisotopic (exact) mass is 402 g/mol. The van der Waals surface area contributed by atoms with Crippen LogP contribution in [0.2, 0.25) is 0 Å². The minimum absolute atomic E-state index is 0.156. The molecule has 1 unspecified atom stereocenters. The number of carbonyl (C=O) groups excluding carboxylic acids is 2. The second-order valence-electron chi connectivity index (χ2n) is 8.13. The summed E-state index contributed by atoms with van der Waals surface area (Å²) in [4.78, 5) is 24.8. The number of Topliss-reactive ketones (excluding diaryl/α,β-unsaturated/α-hetero) is 1. The van der Waals surface area contributed by atoms with Crippen molar-refractivity contribution < 1.29 is 18.7 Å². The summed E-state index contributed by atoms with van der Waals surface area (Å²) in [5.41, 5.74) is 6.63. The van der Waals surface area contributed by atoms with E-state index in [1.807, 2.05) is 18.2 Å². The standard InChI is InChI=1S/C23H31FN2O3/c24-21-15-19(23(28)18-4-5-18)6-7-20(21)16-29-14-2-1-3-22(25)26-11-8-17(9-12-26)10-13-27/h1-3,7,13,15,17-19H,4-6,8-12,14,16,25H2/b2-1-,22-3+. The molecule has 2 N–H and O–H groups in total. The molecule has 1 heterocycles. The number of likely N-dealkylation sites (tertiary alicyclic amines) is 1. The normalized spacial score (nSPS) is 23.8. The van der Waals surface area contributed by atoms with Crippen LogP contribution in [0.3, 0.4) is 0 Å². The van der Waals surface area contributed by atoms with Crippen LogP contribution in [0, 0.1) is 17.8 Å². The number of piperidine rings is 1. The Hall–Kier alpha value is -2.21. The van der Waals surface area contributed by atoms with Gasteiger partial charge in [0.25, 0.3) is 0 Å². The Bertz CT molecular complexity index is 714. The van der Waals surface area contributed by atoms with Gasteiger partial charge in [0, 0.05) is 36.9 Å². The Morgan fingerprint density at radius 1 is 1.28 bits per heavy atom. The third kappa shape index (κ3) is 6.39. The number of aldehydes is 1. The molecule has 1 saturated heterocycles. The molecule has 0 aromatic rings. The summed E-state index contributed by atoms with van der Waals surface area (Å²) in [6.07, 6.45) is 14.9. The van der Waals surface area contributed by atoms with E-state index >= 15 is 0 Å². The van der Waals surface area contributed by atoms with Crippen molar-refractivity contribution in [3.63, 3.8) is 0 Å². The van der Waals surface area contributed by atoms with Gasteiger partial charge in [0.15, 0.2) is 0 Å². The maximum Gasteiger partial charge on any atom is 0.143 e. The molecule has 2 aliphatic carbocycles. The summed E-state index contributed by atoms with van der Waals surface area (Å²) in [6.45, 7) is 2.30. The van der Waals surface area contributed by atoms with E-state index in [9.17, 15) is 14.0 Å². The van der Waals surface area contributed by atoms with Crippen molar-refractivity contribution in [1.29, 1.82) is 0 Å². The van der Waals surface area contributed by atoms with Gasteiger partial charge in [-0.05, 0) is 50.2 Å². The Morgan fingerprint density at radius 3 is 2.69 bits per heavy atom. The van der Waals surface area contributed by atoms with E-state index in [0.717, 1.165) is 45.1 Å². The third-order valence-electron chi connectivity index (χ3n) is 5.90. The lowest BCUT2D eigenvalue weighted by atomic mass is 9.90. The fourth-order valence-electron chi connectivity index (χ4n) is 3.84. The molecule has 2 fully saturated rings. The molecular formula is C23H31FN2O3. The van der Waals surface area contributed by atoms with Gasteiger partial charge in [-0.2, -0.15) is 0 Å². The number of hydrogen-bond acceptors (Lipinski definition) is 5. The van der Waals surface area contributed by atoms with Gasteiger partial charge in [-0.25, -0.2) is 4.39 Å². The molecular weight excluding hydrogens is 371 g/mol. The minimum Gasteiger partial charge on any atom is -0.385 e. The molecule has 0 aromatic heterocycles. The van der Waals surface area contributed by atoms with Gasteiger partial charge in [-0.1, -0.05) is 18.2 Å². The Morgan fingerprint density at radius 2 is 2.03 bits per heavy atom. The summed E-state index contributed by atoms with van der Waals surface area (Å²) in [6, 6.07) is 0. The SMILES string of the molecule is N/C(=C\C=C/COCC1=CCC(C(=O)C2CC2)C=C1F)N1CCC(CC=O)CC1. The maximum atomic E-state index is 14.2. The van der Waals surface area contributed by atoms with Crippen molar-refractivity contribution >= 4 is 12.1 Å². The van der Waals surface area contributed by atoms with Crippen LogP contribution in [0.4, 0.5) is 4.39 Å². The van der Waals surface area contributed by atoms with E-state index in [1.165, 1.54) is 6.08 Å². The fraction of sp³-hybridized carbons (Fsp3) is 0.565. The molecule has 1 aliphatic heterocycles. The first-order valence-corrected chi connectivity index (χ1v) is 10.6. The van der Waals surface area contributed by atoms with E-state index in [0.29, 0.717) is 36.8 Å². The second kappa shape index (κ2) is 10.5. The molecule has 3 rings (SSSR count). The summed E-state index contributed by atoms with van der Waals surface area (Å²) in [5.74, 6) is 0.886. The Balaban J connectivity index is 1.34. The van der Waals surface area contributed by atoms with E-state index in [-0.39, 0.29) is 30.1 Å². The number of hydrogen-bond donors (Lipinski definition) is 1. The average molecular weight is 403 g/mol. The van der Waals surface area contributed by atoms with Gasteiger partial charge in [-0.3, -0.25) is 4.79 Å². The zero-order valence-corrected chi connectivity index (χ0v) is 16.9. The summed E-state index contributed by atoms with van der Waals surface area (Å²) in [5, 5.41) is 0. The summed E-state index contributed by atoms with van der Waals surface area (Å²) in [7, 11) is 0.